The van der Waals surface area contributed by atoms with Crippen LogP contribution in [0, 0.1) is 19.8 Å². The van der Waals surface area contributed by atoms with E-state index < -0.39 is 11.9 Å². The number of nitrogens with zero attached hydrogens (tertiary/aromatic N) is 5. The molecule has 1 saturated heterocycles. The zero-order valence-corrected chi connectivity index (χ0v) is 20.6. The number of carbonyl (C=O) groups is 3. The molecule has 1 aromatic carbocycles. The van der Waals surface area contributed by atoms with E-state index in [4.69, 9.17) is 9.47 Å². The van der Waals surface area contributed by atoms with Crippen LogP contribution in [0.5, 0.6) is 0 Å². The first-order valence-electron chi connectivity index (χ1n) is 11.5. The van der Waals surface area contributed by atoms with Gasteiger partial charge in [0.15, 0.2) is 5.82 Å². The SMILES string of the molecule is COC(=O)c1ccc(C(=O)OC)c(NC(=O)C2CCCN(c3cc(-n4nc(C)cc4C)ncn3)C2)c1. The van der Waals surface area contributed by atoms with Crippen LogP contribution in [0.15, 0.2) is 36.7 Å². The fraction of sp³-hybridized carbons (Fsp3) is 0.360. The lowest BCUT2D eigenvalue weighted by Crippen LogP contribution is -2.41. The van der Waals surface area contributed by atoms with Crippen LogP contribution >= 0.6 is 0 Å². The van der Waals surface area contributed by atoms with Gasteiger partial charge in [0.2, 0.25) is 5.91 Å². The van der Waals surface area contributed by atoms with Gasteiger partial charge in [0, 0.05) is 24.8 Å². The van der Waals surface area contributed by atoms with Gasteiger partial charge in [-0.1, -0.05) is 0 Å². The number of anilines is 2. The van der Waals surface area contributed by atoms with E-state index in [1.165, 1.54) is 38.7 Å². The van der Waals surface area contributed by atoms with Gasteiger partial charge in [0.25, 0.3) is 0 Å². The maximum Gasteiger partial charge on any atom is 0.339 e. The molecule has 11 nitrogen and oxygen atoms in total. The van der Waals surface area contributed by atoms with Gasteiger partial charge < -0.3 is 19.7 Å². The molecule has 1 aliphatic rings. The van der Waals surface area contributed by atoms with E-state index in [0.29, 0.717) is 24.6 Å². The number of nitrogens with one attached hydrogen (secondary N) is 1. The molecule has 36 heavy (non-hydrogen) atoms. The highest BCUT2D eigenvalue weighted by molar-refractivity contribution is 6.04. The second-order valence-corrected chi connectivity index (χ2v) is 8.59. The van der Waals surface area contributed by atoms with E-state index in [1.54, 1.807) is 4.68 Å². The molecule has 1 aliphatic heterocycles. The molecule has 0 spiro atoms. The molecule has 11 heteroatoms. The third-order valence-corrected chi connectivity index (χ3v) is 6.08. The van der Waals surface area contributed by atoms with Crippen LogP contribution in [0.25, 0.3) is 5.82 Å². The summed E-state index contributed by atoms with van der Waals surface area (Å²) in [6, 6.07) is 8.13. The molecule has 3 aromatic rings. The Morgan fingerprint density at radius 1 is 1.00 bits per heavy atom. The normalized spacial score (nSPS) is 15.3. The Balaban J connectivity index is 1.53. The van der Waals surface area contributed by atoms with Gasteiger partial charge in [-0.15, -0.1) is 0 Å². The molecule has 3 heterocycles. The van der Waals surface area contributed by atoms with Crippen molar-refractivity contribution in [1.29, 1.82) is 0 Å². The predicted molar refractivity (Wildman–Crippen MR) is 131 cm³/mol. The number of aryl methyl sites for hydroxylation is 2. The Bertz CT molecular complexity index is 1300. The minimum absolute atomic E-state index is 0.150. The van der Waals surface area contributed by atoms with Gasteiger partial charge >= 0.3 is 11.9 Å². The number of esters is 2. The number of piperidine rings is 1. The Hall–Kier alpha value is -4.28. The zero-order chi connectivity index (χ0) is 25.8. The standard InChI is InChI=1S/C25H28N6O5/c1-15-10-16(2)31(29-15)22-12-21(26-14-27-22)30-9-5-6-18(13-30)23(32)28-20-11-17(24(33)35-3)7-8-19(20)25(34)36-4/h7-8,10-12,14,18H,5-6,9,13H2,1-4H3,(H,28,32). The molecule has 0 bridgehead atoms. The average molecular weight is 493 g/mol. The molecule has 4 rings (SSSR count). The lowest BCUT2D eigenvalue weighted by atomic mass is 9.96. The number of methoxy groups -OCH3 is 2. The summed E-state index contributed by atoms with van der Waals surface area (Å²) < 4.78 is 11.3. The van der Waals surface area contributed by atoms with Gasteiger partial charge in [-0.3, -0.25) is 4.79 Å². The lowest BCUT2D eigenvalue weighted by molar-refractivity contribution is -0.120. The number of hydrogen-bond acceptors (Lipinski definition) is 9. The molecule has 0 radical (unpaired) electrons. The maximum atomic E-state index is 13.2. The maximum absolute atomic E-state index is 13.2. The van der Waals surface area contributed by atoms with Crippen LogP contribution in [0.2, 0.25) is 0 Å². The zero-order valence-electron chi connectivity index (χ0n) is 20.6. The second kappa shape index (κ2) is 10.5. The lowest BCUT2D eigenvalue weighted by Gasteiger charge is -2.33. The predicted octanol–water partition coefficient (Wildman–Crippen LogP) is 2.71. The third kappa shape index (κ3) is 5.19. The quantitative estimate of drug-likeness (QED) is 0.516. The monoisotopic (exact) mass is 492 g/mol. The summed E-state index contributed by atoms with van der Waals surface area (Å²) in [6.07, 6.45) is 2.94. The van der Waals surface area contributed by atoms with Crippen molar-refractivity contribution in [3.63, 3.8) is 0 Å². The molecule has 0 aliphatic carbocycles. The minimum Gasteiger partial charge on any atom is -0.465 e. The highest BCUT2D eigenvalue weighted by Crippen LogP contribution is 2.26. The van der Waals surface area contributed by atoms with Gasteiger partial charge in [0.05, 0.1) is 42.6 Å². The van der Waals surface area contributed by atoms with Crippen molar-refractivity contribution in [2.24, 2.45) is 5.92 Å². The summed E-state index contributed by atoms with van der Waals surface area (Å²) in [4.78, 5) is 48.3. The van der Waals surface area contributed by atoms with Gasteiger partial charge in [-0.2, -0.15) is 5.10 Å². The Morgan fingerprint density at radius 3 is 2.44 bits per heavy atom. The van der Waals surface area contributed by atoms with Crippen LogP contribution in [-0.4, -0.2) is 64.9 Å². The molecule has 2 aromatic heterocycles. The fourth-order valence-electron chi connectivity index (χ4n) is 4.30. The molecule has 1 fully saturated rings. The second-order valence-electron chi connectivity index (χ2n) is 8.59. The molecule has 1 atom stereocenters. The van der Waals surface area contributed by atoms with Crippen LogP contribution in [0.4, 0.5) is 11.5 Å². The number of carbonyl (C=O) groups excluding carboxylic acids is 3. The molecular formula is C25H28N6O5. The highest BCUT2D eigenvalue weighted by atomic mass is 16.5. The van der Waals surface area contributed by atoms with Crippen molar-refractivity contribution in [3.8, 4) is 5.82 Å². The van der Waals surface area contributed by atoms with E-state index in [9.17, 15) is 14.4 Å². The van der Waals surface area contributed by atoms with Crippen molar-refractivity contribution >= 4 is 29.4 Å². The number of hydrogen-bond donors (Lipinski definition) is 1. The minimum atomic E-state index is -0.621. The van der Waals surface area contributed by atoms with E-state index in [2.05, 4.69) is 20.4 Å². The van der Waals surface area contributed by atoms with Crippen molar-refractivity contribution < 1.29 is 23.9 Å². The summed E-state index contributed by atoms with van der Waals surface area (Å²) in [5.41, 5.74) is 2.41. The topological polar surface area (TPSA) is 129 Å². The van der Waals surface area contributed by atoms with Crippen molar-refractivity contribution in [2.75, 3.05) is 37.5 Å². The summed E-state index contributed by atoms with van der Waals surface area (Å²) >= 11 is 0. The van der Waals surface area contributed by atoms with Gasteiger partial charge in [-0.25, -0.2) is 24.2 Å². The number of amides is 1. The summed E-state index contributed by atoms with van der Waals surface area (Å²) in [5, 5.41) is 7.30. The van der Waals surface area contributed by atoms with Gasteiger partial charge in [0.1, 0.15) is 12.1 Å². The van der Waals surface area contributed by atoms with E-state index in [-0.39, 0.29) is 28.6 Å². The van der Waals surface area contributed by atoms with E-state index >= 15 is 0 Å². The summed E-state index contributed by atoms with van der Waals surface area (Å²) in [5.74, 6) is -0.470. The first kappa shape index (κ1) is 24.8. The Kier molecular flexibility index (Phi) is 7.28. The van der Waals surface area contributed by atoms with E-state index in [1.807, 2.05) is 30.9 Å². The number of ether oxygens (including phenoxy) is 2. The fourth-order valence-corrected chi connectivity index (χ4v) is 4.30. The van der Waals surface area contributed by atoms with Crippen LogP contribution < -0.4 is 10.2 Å². The van der Waals surface area contributed by atoms with Crippen LogP contribution in [0.3, 0.4) is 0 Å². The smallest absolute Gasteiger partial charge is 0.339 e. The number of rotatable bonds is 6. The first-order valence-corrected chi connectivity index (χ1v) is 11.5. The largest absolute Gasteiger partial charge is 0.465 e. The Labute approximate surface area is 208 Å². The molecule has 1 N–H and O–H groups in total. The van der Waals surface area contributed by atoms with Crippen molar-refractivity contribution in [2.45, 2.75) is 26.7 Å². The molecule has 0 saturated carbocycles. The average Bonchev–Trinajstić information content (AvgIpc) is 3.25. The van der Waals surface area contributed by atoms with Gasteiger partial charge in [-0.05, 0) is 51.0 Å². The molecular weight excluding hydrogens is 464 g/mol. The van der Waals surface area contributed by atoms with E-state index in [0.717, 1.165) is 24.4 Å². The van der Waals surface area contributed by atoms with Crippen molar-refractivity contribution in [1.82, 2.24) is 19.7 Å². The highest BCUT2D eigenvalue weighted by Gasteiger charge is 2.28. The van der Waals surface area contributed by atoms with Crippen LogP contribution in [-0.2, 0) is 14.3 Å². The number of aromatic nitrogens is 4. The molecule has 188 valence electrons. The molecule has 1 unspecified atom stereocenters. The first-order chi connectivity index (χ1) is 17.3. The summed E-state index contributed by atoms with van der Waals surface area (Å²) in [6.45, 7) is 5.05. The van der Waals surface area contributed by atoms with Crippen LogP contribution in [0.1, 0.15) is 44.9 Å². The number of benzene rings is 1. The third-order valence-electron chi connectivity index (χ3n) is 6.08. The summed E-state index contributed by atoms with van der Waals surface area (Å²) in [7, 11) is 2.52. The Morgan fingerprint density at radius 2 is 1.75 bits per heavy atom. The molecule has 1 amide bonds. The van der Waals surface area contributed by atoms with Crippen molar-refractivity contribution in [3.05, 3.63) is 59.2 Å².